The van der Waals surface area contributed by atoms with Crippen molar-refractivity contribution in [2.45, 2.75) is 85.0 Å². The van der Waals surface area contributed by atoms with E-state index in [1.54, 1.807) is 27.7 Å². The van der Waals surface area contributed by atoms with Crippen LogP contribution in [0.1, 0.15) is 67.2 Å². The second-order valence-corrected chi connectivity index (χ2v) is 7.16. The van der Waals surface area contributed by atoms with Crippen molar-refractivity contribution < 1.29 is 32.2 Å². The average molecular weight is 383 g/mol. The second kappa shape index (κ2) is 10.6. The number of alkyl halides is 3. The number of carbonyl (C=O) groups excluding carboxylic acids is 2. The highest BCUT2D eigenvalue weighted by atomic mass is 19.4. The van der Waals surface area contributed by atoms with Crippen LogP contribution in [0.2, 0.25) is 0 Å². The molecule has 154 valence electrons. The molecule has 0 saturated carbocycles. The monoisotopic (exact) mass is 383 g/mol. The molecule has 0 N–H and O–H groups in total. The van der Waals surface area contributed by atoms with E-state index in [0.717, 1.165) is 0 Å². The van der Waals surface area contributed by atoms with Gasteiger partial charge >= 0.3 is 18.2 Å². The lowest BCUT2D eigenvalue weighted by Gasteiger charge is -2.33. The molecule has 1 amide bonds. The number of ether oxygens (including phenoxy) is 2. The Kier molecular flexibility index (Phi) is 10.0. The van der Waals surface area contributed by atoms with Crippen LogP contribution in [0.5, 0.6) is 0 Å². The number of nitrogens with zero attached hydrogens (tertiary/aromatic N) is 1. The van der Waals surface area contributed by atoms with E-state index in [1.807, 2.05) is 6.92 Å². The Morgan fingerprint density at radius 1 is 1.04 bits per heavy atom. The molecular weight excluding hydrogens is 351 g/mol. The highest BCUT2D eigenvalue weighted by molar-refractivity contribution is 5.73. The number of rotatable bonds is 9. The third kappa shape index (κ3) is 8.76. The van der Waals surface area contributed by atoms with E-state index in [-0.39, 0.29) is 13.0 Å². The topological polar surface area (TPSA) is 55.8 Å². The van der Waals surface area contributed by atoms with Gasteiger partial charge in [-0.25, -0.2) is 4.79 Å². The molecule has 0 rings (SSSR count). The second-order valence-electron chi connectivity index (χ2n) is 7.16. The first-order chi connectivity index (χ1) is 11.9. The Hall–Kier alpha value is -1.47. The summed E-state index contributed by atoms with van der Waals surface area (Å²) >= 11 is 0. The lowest BCUT2D eigenvalue weighted by atomic mass is 9.97. The van der Waals surface area contributed by atoms with E-state index < -0.39 is 42.2 Å². The van der Waals surface area contributed by atoms with Crippen LogP contribution in [0, 0.1) is 5.92 Å². The van der Waals surface area contributed by atoms with Crippen LogP contribution in [-0.4, -0.2) is 47.9 Å². The third-order valence-electron chi connectivity index (χ3n) is 3.76. The van der Waals surface area contributed by atoms with Crippen LogP contribution >= 0.6 is 0 Å². The Labute approximate surface area is 154 Å². The van der Waals surface area contributed by atoms with Crippen LogP contribution in [-0.2, 0) is 14.3 Å². The van der Waals surface area contributed by atoms with Crippen LogP contribution in [0.25, 0.3) is 0 Å². The molecule has 0 heterocycles. The summed E-state index contributed by atoms with van der Waals surface area (Å²) in [6, 6.07) is -0.441. The predicted octanol–water partition coefficient (Wildman–Crippen LogP) is 4.93. The average Bonchev–Trinajstić information content (AvgIpc) is 2.47. The summed E-state index contributed by atoms with van der Waals surface area (Å²) in [4.78, 5) is 25.5. The Bertz CT molecular complexity index is 447. The smallest absolute Gasteiger partial charge is 0.410 e. The van der Waals surface area contributed by atoms with E-state index >= 15 is 0 Å². The molecule has 0 aliphatic carbocycles. The molecule has 2 unspecified atom stereocenters. The molecule has 0 bridgehead atoms. The van der Waals surface area contributed by atoms with Gasteiger partial charge in [-0.05, 0) is 53.4 Å². The molecule has 0 aliphatic rings. The number of hydrogen-bond acceptors (Lipinski definition) is 4. The van der Waals surface area contributed by atoms with Gasteiger partial charge in [-0.2, -0.15) is 13.2 Å². The number of carbonyl (C=O) groups is 2. The molecule has 0 fully saturated rings. The van der Waals surface area contributed by atoms with E-state index in [0.29, 0.717) is 19.4 Å². The van der Waals surface area contributed by atoms with E-state index in [9.17, 15) is 22.8 Å². The summed E-state index contributed by atoms with van der Waals surface area (Å²) in [6.45, 7) is 10.6. The van der Waals surface area contributed by atoms with Gasteiger partial charge in [0.2, 0.25) is 0 Å². The van der Waals surface area contributed by atoms with Gasteiger partial charge in [0.1, 0.15) is 5.60 Å². The summed E-state index contributed by atoms with van der Waals surface area (Å²) in [5.41, 5.74) is -0.694. The largest absolute Gasteiger partial charge is 0.466 e. The fraction of sp³-hybridized carbons (Fsp3) is 0.889. The third-order valence-corrected chi connectivity index (χ3v) is 3.76. The summed E-state index contributed by atoms with van der Waals surface area (Å²) in [5.74, 6) is -3.45. The maximum Gasteiger partial charge on any atom is 0.410 e. The van der Waals surface area contributed by atoms with Gasteiger partial charge in [-0.3, -0.25) is 4.79 Å². The Morgan fingerprint density at radius 3 is 2.00 bits per heavy atom. The van der Waals surface area contributed by atoms with Crippen LogP contribution in [0.3, 0.4) is 0 Å². The minimum atomic E-state index is -4.67. The van der Waals surface area contributed by atoms with Crippen molar-refractivity contribution in [1.82, 2.24) is 4.90 Å². The number of amides is 1. The van der Waals surface area contributed by atoms with Gasteiger partial charge in [0, 0.05) is 12.6 Å². The van der Waals surface area contributed by atoms with Crippen molar-refractivity contribution in [3.63, 3.8) is 0 Å². The van der Waals surface area contributed by atoms with Crippen LogP contribution in [0.4, 0.5) is 18.0 Å². The Balaban J connectivity index is 5.20. The number of hydrogen-bond donors (Lipinski definition) is 0. The molecule has 0 aromatic carbocycles. The molecule has 0 saturated heterocycles. The maximum atomic E-state index is 13.2. The lowest BCUT2D eigenvalue weighted by molar-refractivity contribution is -0.199. The first-order valence-electron chi connectivity index (χ1n) is 9.10. The molecule has 0 aromatic rings. The standard InChI is InChI=1S/C18H32F3NO4/c1-7-12-22(16(24)26-17(4,5)6)13(8-2)10-11-14(18(19,20)21)15(23)25-9-3/h13-14H,7-12H2,1-6H3. The van der Waals surface area contributed by atoms with Crippen molar-refractivity contribution in [2.24, 2.45) is 5.92 Å². The quantitative estimate of drug-likeness (QED) is 0.530. The van der Waals surface area contributed by atoms with Gasteiger partial charge in [0.25, 0.3) is 0 Å². The molecular formula is C18H32F3NO4. The molecule has 0 radical (unpaired) electrons. The number of esters is 1. The molecule has 0 aromatic heterocycles. The van der Waals surface area contributed by atoms with Crippen LogP contribution < -0.4 is 0 Å². The van der Waals surface area contributed by atoms with E-state index in [4.69, 9.17) is 4.74 Å². The van der Waals surface area contributed by atoms with Gasteiger partial charge in [0.15, 0.2) is 5.92 Å². The predicted molar refractivity (Wildman–Crippen MR) is 92.7 cm³/mol. The van der Waals surface area contributed by atoms with Crippen molar-refractivity contribution in [1.29, 1.82) is 0 Å². The lowest BCUT2D eigenvalue weighted by Crippen LogP contribution is -2.44. The SMILES string of the molecule is CCCN(C(=O)OC(C)(C)C)C(CC)CCC(C(=O)OCC)C(F)(F)F. The zero-order valence-corrected chi connectivity index (χ0v) is 16.6. The molecule has 8 heteroatoms. The zero-order chi connectivity index (χ0) is 20.5. The van der Waals surface area contributed by atoms with Crippen molar-refractivity contribution in [3.8, 4) is 0 Å². The van der Waals surface area contributed by atoms with Gasteiger partial charge in [-0.15, -0.1) is 0 Å². The maximum absolute atomic E-state index is 13.2. The number of halogens is 3. The minimum Gasteiger partial charge on any atom is -0.466 e. The zero-order valence-electron chi connectivity index (χ0n) is 16.6. The minimum absolute atomic E-state index is 0.0404. The summed E-state index contributed by atoms with van der Waals surface area (Å²) < 4.78 is 49.4. The summed E-state index contributed by atoms with van der Waals surface area (Å²) in [7, 11) is 0. The highest BCUT2D eigenvalue weighted by Crippen LogP contribution is 2.32. The molecule has 26 heavy (non-hydrogen) atoms. The van der Waals surface area contributed by atoms with Gasteiger partial charge in [-0.1, -0.05) is 13.8 Å². The Morgan fingerprint density at radius 2 is 1.62 bits per heavy atom. The van der Waals surface area contributed by atoms with Gasteiger partial charge < -0.3 is 14.4 Å². The highest BCUT2D eigenvalue weighted by Gasteiger charge is 2.46. The van der Waals surface area contributed by atoms with Crippen LogP contribution in [0.15, 0.2) is 0 Å². The van der Waals surface area contributed by atoms with Crippen molar-refractivity contribution >= 4 is 12.1 Å². The molecule has 0 spiro atoms. The summed E-state index contributed by atoms with van der Waals surface area (Å²) in [5, 5.41) is 0. The first-order valence-corrected chi connectivity index (χ1v) is 9.10. The first kappa shape index (κ1) is 24.5. The summed E-state index contributed by atoms with van der Waals surface area (Å²) in [6.07, 6.45) is -4.50. The van der Waals surface area contributed by atoms with Crippen molar-refractivity contribution in [3.05, 3.63) is 0 Å². The fourth-order valence-corrected chi connectivity index (χ4v) is 2.58. The van der Waals surface area contributed by atoms with E-state index in [1.165, 1.54) is 11.8 Å². The molecule has 0 aliphatic heterocycles. The molecule has 5 nitrogen and oxygen atoms in total. The van der Waals surface area contributed by atoms with E-state index in [2.05, 4.69) is 4.74 Å². The molecule has 2 atom stereocenters. The van der Waals surface area contributed by atoms with Crippen molar-refractivity contribution in [2.75, 3.05) is 13.2 Å². The normalized spacial score (nSPS) is 14.5. The fourth-order valence-electron chi connectivity index (χ4n) is 2.58. The van der Waals surface area contributed by atoms with Gasteiger partial charge in [0.05, 0.1) is 6.61 Å².